The summed E-state index contributed by atoms with van der Waals surface area (Å²) in [6.45, 7) is 0. The molecule has 0 saturated heterocycles. The van der Waals surface area contributed by atoms with Crippen LogP contribution in [0.4, 0.5) is 0 Å². The van der Waals surface area contributed by atoms with Crippen molar-refractivity contribution < 1.29 is 0 Å². The van der Waals surface area contributed by atoms with Crippen molar-refractivity contribution in [1.29, 1.82) is 0 Å². The Hall–Kier alpha value is -1.38. The molecule has 0 unspecified atom stereocenters. The average molecular weight is 118 g/mol. The van der Waals surface area contributed by atoms with Crippen LogP contribution in [-0.4, -0.2) is 14.8 Å². The largest absolute Gasteiger partial charge is 0.220 e. The van der Waals surface area contributed by atoms with E-state index in [0.717, 1.165) is 5.52 Å². The van der Waals surface area contributed by atoms with Crippen LogP contribution in [0.2, 0.25) is 0 Å². The lowest BCUT2D eigenvalue weighted by Gasteiger charge is -1.84. The maximum absolute atomic E-state index is 3.73. The molecular weight excluding hydrogens is 114 g/mol. The van der Waals surface area contributed by atoms with E-state index in [9.17, 15) is 0 Å². The number of nitrogens with zero attached hydrogens (tertiary/aromatic N) is 3. The van der Waals surface area contributed by atoms with Gasteiger partial charge in [-0.15, -0.1) is 5.10 Å². The molecule has 0 aliphatic carbocycles. The van der Waals surface area contributed by atoms with Gasteiger partial charge in [0.1, 0.15) is 6.20 Å². The minimum atomic E-state index is 0.900. The highest BCUT2D eigenvalue weighted by Crippen LogP contribution is 1.94. The van der Waals surface area contributed by atoms with Gasteiger partial charge >= 0.3 is 0 Å². The minimum Gasteiger partial charge on any atom is -0.220 e. The van der Waals surface area contributed by atoms with Crippen molar-refractivity contribution in [2.75, 3.05) is 0 Å². The van der Waals surface area contributed by atoms with E-state index in [-0.39, 0.29) is 0 Å². The van der Waals surface area contributed by atoms with Crippen LogP contribution in [0, 0.1) is 6.20 Å². The first-order valence-corrected chi connectivity index (χ1v) is 2.64. The predicted octanol–water partition coefficient (Wildman–Crippen LogP) is 0.529. The van der Waals surface area contributed by atoms with Gasteiger partial charge in [-0.05, 0) is 12.1 Å². The molecule has 2 rings (SSSR count). The van der Waals surface area contributed by atoms with Gasteiger partial charge < -0.3 is 0 Å². The maximum atomic E-state index is 3.73. The molecule has 0 saturated carbocycles. The first-order chi connectivity index (χ1) is 4.47. The Kier molecular flexibility index (Phi) is 0.773. The highest BCUT2D eigenvalue weighted by molar-refractivity contribution is 5.40. The van der Waals surface area contributed by atoms with E-state index in [1.807, 2.05) is 24.4 Å². The van der Waals surface area contributed by atoms with Gasteiger partial charge in [-0.2, -0.15) is 0 Å². The van der Waals surface area contributed by atoms with Gasteiger partial charge in [-0.25, -0.2) is 4.52 Å². The van der Waals surface area contributed by atoms with E-state index >= 15 is 0 Å². The molecule has 2 aromatic heterocycles. The Morgan fingerprint density at radius 3 is 3.33 bits per heavy atom. The number of hydrogen-bond acceptors (Lipinski definition) is 2. The van der Waals surface area contributed by atoms with E-state index in [1.54, 1.807) is 4.52 Å². The van der Waals surface area contributed by atoms with E-state index in [1.165, 1.54) is 0 Å². The van der Waals surface area contributed by atoms with Crippen LogP contribution in [0.1, 0.15) is 0 Å². The van der Waals surface area contributed by atoms with E-state index in [0.29, 0.717) is 0 Å². The molecule has 2 heterocycles. The summed E-state index contributed by atoms with van der Waals surface area (Å²) in [6.07, 6.45) is 4.55. The third kappa shape index (κ3) is 0.579. The molecule has 0 aliphatic heterocycles. The Morgan fingerprint density at radius 2 is 2.44 bits per heavy atom. The molecule has 0 atom stereocenters. The number of fused-ring (bicyclic) bond motifs is 1. The topological polar surface area (TPSA) is 30.2 Å². The van der Waals surface area contributed by atoms with E-state index < -0.39 is 0 Å². The standard InChI is InChI=1S/C6H4N3/c1-2-4-9-6(3-1)5-7-8-9/h1-4H. The normalized spacial score (nSPS) is 10.2. The molecule has 9 heavy (non-hydrogen) atoms. The third-order valence-electron chi connectivity index (χ3n) is 1.14. The van der Waals surface area contributed by atoms with Crippen molar-refractivity contribution in [3.05, 3.63) is 30.6 Å². The molecule has 3 nitrogen and oxygen atoms in total. The van der Waals surface area contributed by atoms with Crippen molar-refractivity contribution in [1.82, 2.24) is 14.8 Å². The van der Waals surface area contributed by atoms with Gasteiger partial charge in [0, 0.05) is 6.20 Å². The number of hydrogen-bond donors (Lipinski definition) is 0. The molecule has 0 aliphatic rings. The monoisotopic (exact) mass is 118 g/mol. The first kappa shape index (κ1) is 4.49. The summed E-state index contributed by atoms with van der Waals surface area (Å²) in [5, 5.41) is 7.32. The fourth-order valence-corrected chi connectivity index (χ4v) is 0.723. The zero-order chi connectivity index (χ0) is 6.10. The summed E-state index contributed by atoms with van der Waals surface area (Å²) in [5.41, 5.74) is 0.900. The second-order valence-corrected chi connectivity index (χ2v) is 1.73. The lowest BCUT2D eigenvalue weighted by molar-refractivity contribution is 0.854. The summed E-state index contributed by atoms with van der Waals surface area (Å²) in [7, 11) is 0. The highest BCUT2D eigenvalue weighted by Gasteiger charge is 1.88. The molecule has 0 aromatic carbocycles. The predicted molar refractivity (Wildman–Crippen MR) is 31.8 cm³/mol. The van der Waals surface area contributed by atoms with Crippen molar-refractivity contribution >= 4 is 5.52 Å². The third-order valence-corrected chi connectivity index (χ3v) is 1.14. The maximum Gasteiger partial charge on any atom is 0.143 e. The van der Waals surface area contributed by atoms with Gasteiger partial charge in [0.25, 0.3) is 0 Å². The van der Waals surface area contributed by atoms with Crippen LogP contribution < -0.4 is 0 Å². The molecule has 0 bridgehead atoms. The van der Waals surface area contributed by atoms with Crippen LogP contribution in [0.5, 0.6) is 0 Å². The Labute approximate surface area is 51.9 Å². The zero-order valence-electron chi connectivity index (χ0n) is 4.65. The van der Waals surface area contributed by atoms with Gasteiger partial charge in [0.15, 0.2) is 0 Å². The second kappa shape index (κ2) is 1.55. The van der Waals surface area contributed by atoms with Gasteiger partial charge in [-0.3, -0.25) is 0 Å². The lowest BCUT2D eigenvalue weighted by atomic mass is 10.4. The van der Waals surface area contributed by atoms with E-state index in [2.05, 4.69) is 16.5 Å². The summed E-state index contributed by atoms with van der Waals surface area (Å²) in [5.74, 6) is 0. The van der Waals surface area contributed by atoms with Crippen molar-refractivity contribution in [3.8, 4) is 0 Å². The summed E-state index contributed by atoms with van der Waals surface area (Å²) >= 11 is 0. The highest BCUT2D eigenvalue weighted by atomic mass is 15.4. The Bertz CT molecular complexity index is 282. The van der Waals surface area contributed by atoms with Crippen molar-refractivity contribution in [3.63, 3.8) is 0 Å². The number of pyridine rings is 1. The molecule has 43 valence electrons. The zero-order valence-corrected chi connectivity index (χ0v) is 4.65. The minimum absolute atomic E-state index is 0.900. The molecule has 1 radical (unpaired) electrons. The van der Waals surface area contributed by atoms with Crippen molar-refractivity contribution in [2.24, 2.45) is 0 Å². The smallest absolute Gasteiger partial charge is 0.143 e. The van der Waals surface area contributed by atoms with Gasteiger partial charge in [0.05, 0.1) is 5.52 Å². The van der Waals surface area contributed by atoms with Crippen LogP contribution in [0.3, 0.4) is 0 Å². The molecule has 0 N–H and O–H groups in total. The summed E-state index contributed by atoms with van der Waals surface area (Å²) < 4.78 is 1.67. The molecule has 0 spiro atoms. The number of rotatable bonds is 0. The summed E-state index contributed by atoms with van der Waals surface area (Å²) in [6, 6.07) is 5.73. The average Bonchev–Trinajstić information content (AvgIpc) is 2.33. The number of aromatic nitrogens is 3. The Balaban J connectivity index is 2.95. The fourth-order valence-electron chi connectivity index (χ4n) is 0.723. The SMILES string of the molecule is [c]1nnn2ccccc12. The van der Waals surface area contributed by atoms with Crippen LogP contribution in [-0.2, 0) is 0 Å². The van der Waals surface area contributed by atoms with Gasteiger partial charge in [0.2, 0.25) is 0 Å². The Morgan fingerprint density at radius 1 is 1.44 bits per heavy atom. The van der Waals surface area contributed by atoms with Crippen LogP contribution in [0.25, 0.3) is 5.52 Å². The molecule has 0 amide bonds. The van der Waals surface area contributed by atoms with E-state index in [4.69, 9.17) is 0 Å². The van der Waals surface area contributed by atoms with Crippen LogP contribution in [0.15, 0.2) is 24.4 Å². The van der Waals surface area contributed by atoms with Crippen LogP contribution >= 0.6 is 0 Å². The quantitative estimate of drug-likeness (QED) is 0.505. The second-order valence-electron chi connectivity index (χ2n) is 1.73. The molecule has 0 fully saturated rings. The van der Waals surface area contributed by atoms with Crippen molar-refractivity contribution in [2.45, 2.75) is 0 Å². The first-order valence-electron chi connectivity index (χ1n) is 2.64. The molecular formula is C6H4N3. The fraction of sp³-hybridized carbons (Fsp3) is 0. The molecule has 3 heteroatoms. The molecule has 2 aromatic rings. The summed E-state index contributed by atoms with van der Waals surface area (Å²) in [4.78, 5) is 0. The van der Waals surface area contributed by atoms with Gasteiger partial charge in [-0.1, -0.05) is 11.3 Å². The lowest BCUT2D eigenvalue weighted by Crippen LogP contribution is -1.82.